The van der Waals surface area contributed by atoms with Crippen molar-refractivity contribution >= 4 is 21.4 Å². The topological polar surface area (TPSA) is 26.0 Å². The summed E-state index contributed by atoms with van der Waals surface area (Å²) in [5.74, 6) is 0.936. The van der Waals surface area contributed by atoms with Crippen LogP contribution in [-0.2, 0) is 5.41 Å². The summed E-state index contributed by atoms with van der Waals surface area (Å²) in [5.41, 5.74) is 5.04. The first-order valence-electron chi connectivity index (χ1n) is 7.87. The van der Waals surface area contributed by atoms with Gasteiger partial charge in [0.2, 0.25) is 0 Å². The summed E-state index contributed by atoms with van der Waals surface area (Å²) in [4.78, 5) is 1.63. The van der Waals surface area contributed by atoms with Crippen LogP contribution in [0.5, 0.6) is 0 Å². The lowest BCUT2D eigenvalue weighted by Crippen LogP contribution is -2.05. The molecule has 20 heavy (non-hydrogen) atoms. The van der Waals surface area contributed by atoms with Gasteiger partial charge in [-0.3, -0.25) is 0 Å². The zero-order valence-electron chi connectivity index (χ0n) is 13.6. The molecule has 1 aromatic heterocycles. The molecule has 2 N–H and O–H groups in total. The second kappa shape index (κ2) is 7.80. The van der Waals surface area contributed by atoms with E-state index in [-0.39, 0.29) is 0 Å². The zero-order chi connectivity index (χ0) is 15.2. The second-order valence-corrected chi connectivity index (χ2v) is 6.05. The standard InChI is InChI=1S/C15H18S.C2H6.CH5N/c1-3-12-10-15(12,4-2)14-9-11-7-5-6-8-13(11)16-14;2*1-2/h5-9,12H,3-4,10H2,1-2H3;1-2H3;2H2,1H3/t12-,15-;;/m0../s1. The van der Waals surface area contributed by atoms with E-state index in [4.69, 9.17) is 0 Å². The van der Waals surface area contributed by atoms with Gasteiger partial charge < -0.3 is 5.73 Å². The maximum Gasteiger partial charge on any atom is 0.0345 e. The summed E-state index contributed by atoms with van der Waals surface area (Å²) >= 11 is 2.01. The van der Waals surface area contributed by atoms with E-state index in [0.717, 1.165) is 5.92 Å². The average Bonchev–Trinajstić information content (AvgIpc) is 3.12. The van der Waals surface area contributed by atoms with Crippen LogP contribution in [0, 0.1) is 5.92 Å². The Morgan fingerprint density at radius 2 is 1.85 bits per heavy atom. The minimum absolute atomic E-state index is 0.540. The van der Waals surface area contributed by atoms with Gasteiger partial charge in [-0.25, -0.2) is 0 Å². The molecule has 0 aliphatic heterocycles. The highest BCUT2D eigenvalue weighted by Crippen LogP contribution is 2.60. The van der Waals surface area contributed by atoms with E-state index in [1.807, 2.05) is 25.2 Å². The molecule has 1 heterocycles. The summed E-state index contributed by atoms with van der Waals surface area (Å²) in [6.45, 7) is 8.68. The van der Waals surface area contributed by atoms with Gasteiger partial charge in [0.25, 0.3) is 0 Å². The van der Waals surface area contributed by atoms with E-state index in [1.54, 1.807) is 4.88 Å². The van der Waals surface area contributed by atoms with Crippen molar-refractivity contribution in [2.24, 2.45) is 11.7 Å². The molecule has 0 radical (unpaired) electrons. The molecule has 1 saturated carbocycles. The summed E-state index contributed by atoms with van der Waals surface area (Å²) in [5, 5.41) is 1.43. The van der Waals surface area contributed by atoms with Gasteiger partial charge in [0.1, 0.15) is 0 Å². The van der Waals surface area contributed by atoms with Gasteiger partial charge in [0.15, 0.2) is 0 Å². The van der Waals surface area contributed by atoms with Crippen molar-refractivity contribution in [1.82, 2.24) is 0 Å². The predicted octanol–water partition coefficient (Wildman–Crippen LogP) is 5.58. The van der Waals surface area contributed by atoms with Crippen molar-refractivity contribution in [1.29, 1.82) is 0 Å². The molecule has 1 aliphatic carbocycles. The molecule has 0 spiro atoms. The number of hydrogen-bond donors (Lipinski definition) is 1. The molecule has 1 fully saturated rings. The van der Waals surface area contributed by atoms with Gasteiger partial charge in [-0.05, 0) is 43.3 Å². The van der Waals surface area contributed by atoms with Crippen LogP contribution < -0.4 is 5.73 Å². The fourth-order valence-corrected chi connectivity index (χ4v) is 4.46. The van der Waals surface area contributed by atoms with Crippen LogP contribution >= 0.6 is 11.3 Å². The smallest absolute Gasteiger partial charge is 0.0345 e. The SMILES string of the molecule is CC.CC[C@H]1C[C@]1(CC)c1cc2ccccc2s1.CN. The molecular formula is C18H29NS. The summed E-state index contributed by atoms with van der Waals surface area (Å²) in [7, 11) is 1.50. The maximum atomic E-state index is 4.50. The van der Waals surface area contributed by atoms with E-state index < -0.39 is 0 Å². The molecule has 0 bridgehead atoms. The lowest BCUT2D eigenvalue weighted by atomic mass is 9.96. The molecule has 1 aromatic carbocycles. The Bertz CT molecular complexity index is 484. The monoisotopic (exact) mass is 291 g/mol. The highest BCUT2D eigenvalue weighted by Gasteiger charge is 2.53. The van der Waals surface area contributed by atoms with E-state index in [0.29, 0.717) is 5.41 Å². The first-order valence-corrected chi connectivity index (χ1v) is 8.68. The minimum Gasteiger partial charge on any atom is -0.333 e. The van der Waals surface area contributed by atoms with E-state index in [2.05, 4.69) is 49.9 Å². The lowest BCUT2D eigenvalue weighted by molar-refractivity contribution is 0.581. The van der Waals surface area contributed by atoms with Gasteiger partial charge in [-0.15, -0.1) is 11.3 Å². The van der Waals surface area contributed by atoms with Crippen LogP contribution in [0.2, 0.25) is 0 Å². The molecule has 1 nitrogen and oxygen atoms in total. The van der Waals surface area contributed by atoms with Crippen molar-refractivity contribution < 1.29 is 0 Å². The van der Waals surface area contributed by atoms with Gasteiger partial charge in [0, 0.05) is 15.0 Å². The second-order valence-electron chi connectivity index (χ2n) is 4.97. The van der Waals surface area contributed by atoms with Crippen LogP contribution in [-0.4, -0.2) is 7.05 Å². The quantitative estimate of drug-likeness (QED) is 0.785. The number of thiophene rings is 1. The lowest BCUT2D eigenvalue weighted by Gasteiger charge is -2.11. The molecule has 112 valence electrons. The predicted molar refractivity (Wildman–Crippen MR) is 93.7 cm³/mol. The maximum absolute atomic E-state index is 4.50. The van der Waals surface area contributed by atoms with Crippen molar-refractivity contribution in [3.63, 3.8) is 0 Å². The third kappa shape index (κ3) is 3.07. The van der Waals surface area contributed by atoms with Crippen LogP contribution in [0.1, 0.15) is 51.8 Å². The Morgan fingerprint density at radius 3 is 2.35 bits per heavy atom. The summed E-state index contributed by atoms with van der Waals surface area (Å²) in [6, 6.07) is 11.2. The number of hydrogen-bond acceptors (Lipinski definition) is 2. The van der Waals surface area contributed by atoms with Crippen LogP contribution in [0.15, 0.2) is 30.3 Å². The molecule has 0 unspecified atom stereocenters. The molecule has 2 atom stereocenters. The Labute approximate surface area is 128 Å². The largest absolute Gasteiger partial charge is 0.333 e. The Hall–Kier alpha value is -0.860. The van der Waals surface area contributed by atoms with Crippen molar-refractivity contribution in [2.75, 3.05) is 7.05 Å². The Morgan fingerprint density at radius 1 is 1.20 bits per heavy atom. The third-order valence-electron chi connectivity index (χ3n) is 4.27. The summed E-state index contributed by atoms with van der Waals surface area (Å²) in [6.07, 6.45) is 4.05. The van der Waals surface area contributed by atoms with E-state index in [9.17, 15) is 0 Å². The van der Waals surface area contributed by atoms with Crippen molar-refractivity contribution in [3.05, 3.63) is 35.2 Å². The first-order chi connectivity index (χ1) is 9.80. The fourth-order valence-electron chi connectivity index (χ4n) is 3.05. The first kappa shape index (κ1) is 17.2. The normalized spacial score (nSPS) is 23.4. The number of benzene rings is 1. The number of nitrogens with two attached hydrogens (primary N) is 1. The molecular weight excluding hydrogens is 262 g/mol. The number of rotatable bonds is 3. The van der Waals surface area contributed by atoms with Gasteiger partial charge in [-0.1, -0.05) is 52.3 Å². The Kier molecular flexibility index (Phi) is 6.70. The Balaban J connectivity index is 0.000000461. The highest BCUT2D eigenvalue weighted by molar-refractivity contribution is 7.19. The third-order valence-corrected chi connectivity index (χ3v) is 5.61. The molecule has 1 aliphatic rings. The van der Waals surface area contributed by atoms with E-state index in [1.165, 1.54) is 36.4 Å². The highest BCUT2D eigenvalue weighted by atomic mass is 32.1. The average molecular weight is 292 g/mol. The number of fused-ring (bicyclic) bond motifs is 1. The molecule has 0 amide bonds. The van der Waals surface area contributed by atoms with Crippen LogP contribution in [0.25, 0.3) is 10.1 Å². The molecule has 2 aromatic rings. The van der Waals surface area contributed by atoms with Gasteiger partial charge >= 0.3 is 0 Å². The molecule has 2 heteroatoms. The van der Waals surface area contributed by atoms with Gasteiger partial charge in [-0.2, -0.15) is 0 Å². The van der Waals surface area contributed by atoms with Crippen molar-refractivity contribution in [2.45, 2.75) is 52.4 Å². The van der Waals surface area contributed by atoms with Crippen LogP contribution in [0.3, 0.4) is 0 Å². The fraction of sp³-hybridized carbons (Fsp3) is 0.556. The summed E-state index contributed by atoms with van der Waals surface area (Å²) < 4.78 is 1.45. The minimum atomic E-state index is 0.540. The van der Waals surface area contributed by atoms with Gasteiger partial charge in [0.05, 0.1) is 0 Å². The van der Waals surface area contributed by atoms with Crippen molar-refractivity contribution in [3.8, 4) is 0 Å². The molecule has 3 rings (SSSR count). The molecule has 0 saturated heterocycles. The van der Waals surface area contributed by atoms with Crippen LogP contribution in [0.4, 0.5) is 0 Å². The van der Waals surface area contributed by atoms with E-state index >= 15 is 0 Å². The zero-order valence-corrected chi connectivity index (χ0v) is 14.4.